The molecule has 0 radical (unpaired) electrons. The normalized spacial score (nSPS) is 15.9. The molecule has 1 unspecified atom stereocenters. The van der Waals surface area contributed by atoms with Crippen LogP contribution in [0.3, 0.4) is 0 Å². The van der Waals surface area contributed by atoms with Crippen molar-refractivity contribution in [3.63, 3.8) is 0 Å². The number of carbonyl (C=O) groups is 1. The van der Waals surface area contributed by atoms with E-state index in [0.717, 1.165) is 29.4 Å². The van der Waals surface area contributed by atoms with Crippen LogP contribution in [0.2, 0.25) is 0 Å². The molecule has 3 rings (SSSR count). The molecule has 4 nitrogen and oxygen atoms in total. The number of aromatic nitrogens is 1. The zero-order chi connectivity index (χ0) is 12.9. The lowest BCUT2D eigenvalue weighted by molar-refractivity contribution is -0.138. The van der Waals surface area contributed by atoms with Crippen LogP contribution >= 0.6 is 0 Å². The number of rotatable bonds is 2. The highest BCUT2D eigenvalue weighted by molar-refractivity contribution is 5.91. The topological polar surface area (TPSA) is 79.1 Å². The summed E-state index contributed by atoms with van der Waals surface area (Å²) in [5, 5.41) is 10.1. The number of H-pyrrole nitrogens is 1. The zero-order valence-corrected chi connectivity index (χ0v) is 10.3. The summed E-state index contributed by atoms with van der Waals surface area (Å²) in [5.41, 5.74) is 11.0. The van der Waals surface area contributed by atoms with E-state index < -0.39 is 12.0 Å². The molecule has 0 fully saturated rings. The molecule has 1 heterocycles. The third-order valence-electron chi connectivity index (χ3n) is 3.83. The van der Waals surface area contributed by atoms with Gasteiger partial charge in [-0.1, -0.05) is 0 Å². The van der Waals surface area contributed by atoms with Gasteiger partial charge in [0.05, 0.1) is 0 Å². The Morgan fingerprint density at radius 2 is 2.06 bits per heavy atom. The molecule has 1 aromatic carbocycles. The fraction of sp³-hybridized carbons (Fsp3) is 0.357. The van der Waals surface area contributed by atoms with E-state index in [1.54, 1.807) is 0 Å². The van der Waals surface area contributed by atoms with E-state index in [4.69, 9.17) is 10.8 Å². The number of carboxylic acids is 1. The molecule has 1 aromatic heterocycles. The van der Waals surface area contributed by atoms with Crippen LogP contribution in [-0.4, -0.2) is 16.1 Å². The van der Waals surface area contributed by atoms with Gasteiger partial charge < -0.3 is 15.8 Å². The number of aromatic amines is 1. The lowest BCUT2D eigenvalue weighted by Crippen LogP contribution is -2.21. The summed E-state index contributed by atoms with van der Waals surface area (Å²) in [6.07, 6.45) is 3.38. The largest absolute Gasteiger partial charge is 0.480 e. The van der Waals surface area contributed by atoms with Crippen LogP contribution in [0.5, 0.6) is 0 Å². The minimum Gasteiger partial charge on any atom is -0.480 e. The number of hydrogen-bond donors (Lipinski definition) is 3. The average molecular weight is 244 g/mol. The van der Waals surface area contributed by atoms with Gasteiger partial charge in [0.15, 0.2) is 0 Å². The van der Waals surface area contributed by atoms with Crippen molar-refractivity contribution in [1.82, 2.24) is 4.98 Å². The van der Waals surface area contributed by atoms with Gasteiger partial charge in [-0.2, -0.15) is 0 Å². The van der Waals surface area contributed by atoms with Gasteiger partial charge in [-0.15, -0.1) is 0 Å². The number of aryl methyl sites for hydroxylation is 3. The van der Waals surface area contributed by atoms with Crippen molar-refractivity contribution < 1.29 is 9.90 Å². The van der Waals surface area contributed by atoms with Crippen LogP contribution < -0.4 is 5.73 Å². The van der Waals surface area contributed by atoms with Crippen LogP contribution in [0.25, 0.3) is 10.9 Å². The van der Waals surface area contributed by atoms with E-state index in [1.165, 1.54) is 17.5 Å². The quantitative estimate of drug-likeness (QED) is 0.756. The van der Waals surface area contributed by atoms with Crippen LogP contribution in [0.1, 0.15) is 34.8 Å². The SMILES string of the molecule is Cc1[nH]c2cc3c(cc2c1C(N)C(=O)O)CCC3. The number of hydrogen-bond acceptors (Lipinski definition) is 2. The summed E-state index contributed by atoms with van der Waals surface area (Å²) in [6.45, 7) is 1.88. The standard InChI is InChI=1S/C14H16N2O2/c1-7-12(13(15)14(17)18)10-5-8-3-2-4-9(8)6-11(10)16-7/h5-6,13,16H,2-4,15H2,1H3,(H,17,18). The second kappa shape index (κ2) is 3.85. The van der Waals surface area contributed by atoms with Crippen molar-refractivity contribution in [3.8, 4) is 0 Å². The predicted octanol–water partition coefficient (Wildman–Crippen LogP) is 2.05. The van der Waals surface area contributed by atoms with Gasteiger partial charge in [-0.25, -0.2) is 0 Å². The first-order chi connectivity index (χ1) is 8.58. The zero-order valence-electron chi connectivity index (χ0n) is 10.3. The second-order valence-electron chi connectivity index (χ2n) is 5.00. The second-order valence-corrected chi connectivity index (χ2v) is 5.00. The third-order valence-corrected chi connectivity index (χ3v) is 3.83. The Balaban J connectivity index is 2.25. The van der Waals surface area contributed by atoms with Gasteiger partial charge in [0.25, 0.3) is 0 Å². The van der Waals surface area contributed by atoms with Gasteiger partial charge in [0.2, 0.25) is 0 Å². The van der Waals surface area contributed by atoms with Crippen molar-refractivity contribution in [2.24, 2.45) is 5.73 Å². The molecule has 0 saturated heterocycles. The van der Waals surface area contributed by atoms with Crippen LogP contribution in [-0.2, 0) is 17.6 Å². The monoisotopic (exact) mass is 244 g/mol. The Bertz CT molecular complexity index is 643. The molecule has 4 N–H and O–H groups in total. The van der Waals surface area contributed by atoms with Crippen molar-refractivity contribution >= 4 is 16.9 Å². The predicted molar refractivity (Wildman–Crippen MR) is 69.6 cm³/mol. The fourth-order valence-corrected chi connectivity index (χ4v) is 2.95. The number of carboxylic acid groups (broad SMARTS) is 1. The number of nitrogens with one attached hydrogen (secondary N) is 1. The molecule has 4 heteroatoms. The van der Waals surface area contributed by atoms with Crippen molar-refractivity contribution in [1.29, 1.82) is 0 Å². The fourth-order valence-electron chi connectivity index (χ4n) is 2.95. The first-order valence-corrected chi connectivity index (χ1v) is 6.20. The minimum absolute atomic E-state index is 0.715. The Labute approximate surface area is 105 Å². The summed E-state index contributed by atoms with van der Waals surface area (Å²) < 4.78 is 0. The summed E-state index contributed by atoms with van der Waals surface area (Å²) in [6, 6.07) is 3.29. The van der Waals surface area contributed by atoms with E-state index >= 15 is 0 Å². The smallest absolute Gasteiger partial charge is 0.325 e. The molecular formula is C14H16N2O2. The molecule has 0 spiro atoms. The molecule has 0 bridgehead atoms. The number of aliphatic carboxylic acids is 1. The maximum atomic E-state index is 11.1. The highest BCUT2D eigenvalue weighted by Gasteiger charge is 2.23. The summed E-state index contributed by atoms with van der Waals surface area (Å²) in [7, 11) is 0. The Hall–Kier alpha value is -1.81. The van der Waals surface area contributed by atoms with Crippen molar-refractivity contribution in [3.05, 3.63) is 34.5 Å². The molecule has 0 saturated carbocycles. The highest BCUT2D eigenvalue weighted by atomic mass is 16.4. The maximum Gasteiger partial charge on any atom is 0.325 e. The first-order valence-electron chi connectivity index (χ1n) is 6.20. The van der Waals surface area contributed by atoms with Crippen LogP contribution in [0.4, 0.5) is 0 Å². The Kier molecular flexibility index (Phi) is 2.41. The first kappa shape index (κ1) is 11.3. The van der Waals surface area contributed by atoms with Crippen molar-refractivity contribution in [2.75, 3.05) is 0 Å². The molecule has 0 amide bonds. The van der Waals surface area contributed by atoms with Crippen LogP contribution in [0.15, 0.2) is 12.1 Å². The lowest BCUT2D eigenvalue weighted by Gasteiger charge is -2.07. The van der Waals surface area contributed by atoms with Gasteiger partial charge in [0, 0.05) is 22.2 Å². The summed E-state index contributed by atoms with van der Waals surface area (Å²) >= 11 is 0. The number of nitrogens with two attached hydrogens (primary N) is 1. The van der Waals surface area contributed by atoms with Crippen molar-refractivity contribution in [2.45, 2.75) is 32.2 Å². The third kappa shape index (κ3) is 1.53. The molecule has 0 aliphatic heterocycles. The van der Waals surface area contributed by atoms with Gasteiger partial charge in [0.1, 0.15) is 6.04 Å². The minimum atomic E-state index is -0.987. The molecule has 94 valence electrons. The molecule has 2 aromatic rings. The van der Waals surface area contributed by atoms with Gasteiger partial charge in [-0.05, 0) is 49.4 Å². The Morgan fingerprint density at radius 1 is 1.39 bits per heavy atom. The van der Waals surface area contributed by atoms with E-state index in [1.807, 2.05) is 6.92 Å². The van der Waals surface area contributed by atoms with E-state index in [-0.39, 0.29) is 0 Å². The Morgan fingerprint density at radius 3 is 2.72 bits per heavy atom. The van der Waals surface area contributed by atoms with E-state index in [9.17, 15) is 4.79 Å². The van der Waals surface area contributed by atoms with Gasteiger partial charge >= 0.3 is 5.97 Å². The highest BCUT2D eigenvalue weighted by Crippen LogP contribution is 2.32. The summed E-state index contributed by atoms with van der Waals surface area (Å²) in [5.74, 6) is -0.987. The average Bonchev–Trinajstić information content (AvgIpc) is 2.87. The summed E-state index contributed by atoms with van der Waals surface area (Å²) in [4.78, 5) is 14.3. The van der Waals surface area contributed by atoms with Gasteiger partial charge in [-0.3, -0.25) is 4.79 Å². The van der Waals surface area contributed by atoms with E-state index in [0.29, 0.717) is 5.56 Å². The van der Waals surface area contributed by atoms with Crippen LogP contribution in [0, 0.1) is 6.92 Å². The lowest BCUT2D eigenvalue weighted by atomic mass is 10.0. The molecule has 1 atom stereocenters. The molecular weight excluding hydrogens is 228 g/mol. The number of benzene rings is 1. The number of fused-ring (bicyclic) bond motifs is 2. The molecule has 18 heavy (non-hydrogen) atoms. The molecule has 1 aliphatic carbocycles. The van der Waals surface area contributed by atoms with E-state index in [2.05, 4.69) is 17.1 Å². The molecule has 1 aliphatic rings. The maximum absolute atomic E-state index is 11.1.